The van der Waals surface area contributed by atoms with E-state index >= 15 is 0 Å². The third kappa shape index (κ3) is 82.2. The van der Waals surface area contributed by atoms with Crippen LogP contribution in [0.15, 0.2) is 182 Å². The normalized spacial score (nSPS) is 14.7. The lowest BCUT2D eigenvalue weighted by atomic mass is 10.0. The zero-order valence-electron chi connectivity index (χ0n) is 69.8. The van der Waals surface area contributed by atoms with Crippen LogP contribution in [0.4, 0.5) is 0 Å². The fourth-order valence-corrected chi connectivity index (χ4v) is 12.5. The van der Waals surface area contributed by atoms with E-state index in [0.717, 1.165) is 148 Å². The van der Waals surface area contributed by atoms with E-state index in [-0.39, 0.29) is 25.7 Å². The smallest absolute Gasteiger partial charge is 0.462 e. The van der Waals surface area contributed by atoms with Crippen LogP contribution in [0.3, 0.4) is 0 Å². The minimum absolute atomic E-state index is 0.0135. The van der Waals surface area contributed by atoms with Gasteiger partial charge in [0.2, 0.25) is 0 Å². The average Bonchev–Trinajstić information content (AvgIpc) is 0.898. The molecule has 0 aromatic carbocycles. The van der Waals surface area contributed by atoms with Crippen LogP contribution in [0, 0.1) is 0 Å². The van der Waals surface area contributed by atoms with Gasteiger partial charge in [-0.2, -0.15) is 0 Å². The second kappa shape index (κ2) is 83.1. The highest BCUT2D eigenvalue weighted by atomic mass is 31.2. The summed E-state index contributed by atoms with van der Waals surface area (Å²) >= 11 is 0. The molecule has 0 aromatic rings. The maximum absolute atomic E-state index is 13.1. The van der Waals surface area contributed by atoms with Crippen molar-refractivity contribution in [2.24, 2.45) is 0 Å². The van der Waals surface area contributed by atoms with Gasteiger partial charge in [-0.15, -0.1) is 0 Å². The van der Waals surface area contributed by atoms with Crippen LogP contribution in [0.25, 0.3) is 0 Å². The number of unbranched alkanes of at least 4 members (excludes halogenated alkanes) is 23. The third-order valence-corrected chi connectivity index (χ3v) is 19.3. The minimum atomic E-state index is -5.03. The van der Waals surface area contributed by atoms with E-state index in [9.17, 15) is 43.2 Å². The molecule has 0 radical (unpaired) electrons. The Bertz CT molecular complexity index is 2840. The van der Waals surface area contributed by atoms with Crippen molar-refractivity contribution in [3.05, 3.63) is 182 Å². The molecular weight excluding hydrogens is 1450 g/mol. The second-order valence-electron chi connectivity index (χ2n) is 28.0. The van der Waals surface area contributed by atoms with Crippen LogP contribution in [0.5, 0.6) is 0 Å². The molecule has 0 heterocycles. The van der Waals surface area contributed by atoms with Gasteiger partial charge >= 0.3 is 39.5 Å². The molecule has 0 saturated heterocycles. The predicted octanol–water partition coefficient (Wildman–Crippen LogP) is 25.9. The van der Waals surface area contributed by atoms with Crippen molar-refractivity contribution in [1.82, 2.24) is 0 Å². The average molecular weight is 1600 g/mol. The fraction of sp³-hybridized carbons (Fsp3) is 0.634. The topological polar surface area (TPSA) is 237 Å². The molecule has 17 nitrogen and oxygen atoms in total. The quantitative estimate of drug-likeness (QED) is 0.0169. The number of aliphatic hydroxyl groups is 1. The molecule has 0 aliphatic carbocycles. The number of hydrogen-bond donors (Lipinski definition) is 3. The van der Waals surface area contributed by atoms with E-state index in [1.165, 1.54) is 83.5 Å². The minimum Gasteiger partial charge on any atom is -0.462 e. The van der Waals surface area contributed by atoms with Gasteiger partial charge in [-0.25, -0.2) is 9.13 Å². The molecule has 636 valence electrons. The Labute approximate surface area is 679 Å². The summed E-state index contributed by atoms with van der Waals surface area (Å²) in [5.41, 5.74) is 0. The van der Waals surface area contributed by atoms with Crippen LogP contribution < -0.4 is 0 Å². The number of ether oxygens (including phenoxy) is 4. The summed E-state index contributed by atoms with van der Waals surface area (Å²) in [7, 11) is -10.0. The van der Waals surface area contributed by atoms with Crippen molar-refractivity contribution in [3.8, 4) is 0 Å². The highest BCUT2D eigenvalue weighted by Crippen LogP contribution is 2.45. The summed E-state index contributed by atoms with van der Waals surface area (Å²) in [6, 6.07) is 0. The standard InChI is InChI=1S/C93H152O17P2/c1-5-9-13-17-21-25-29-33-37-40-43-46-50-53-57-61-65-69-73-77-90(95)103-83-88(109-92(97)79-75-71-67-63-59-55-49-36-32-28-24-20-16-12-8-4)85-107-111(99,100)105-81-87(94)82-106-112(101,102)108-86-89(110-93(98)80-76-72-68-64-60-56-52-48-45-42-39-35-31-27-23-19-15-11-7-3)84-104-91(96)78-74-70-66-62-58-54-51-47-44-41-38-34-30-26-22-18-14-10-6-2/h10-11,14-15,21-23,25-27,33-35,37-39,43-48,54,56,58,60,66,68,70,72,87-89,94H,5-9,12-13,16-20,24,28-32,36,40-42,49-53,55,57,59,61-65,67,69,71,73-86H2,1-4H3,(H,99,100)(H,101,102)/b14-10-,15-11-,25-21-,26-22-,27-23-,37-33-,38-34-,39-35-,46-43-,47-44-,48-45-,58-54-,60-56-,70-66-,72-68-. The maximum atomic E-state index is 13.1. The first-order valence-electron chi connectivity index (χ1n) is 43.0. The van der Waals surface area contributed by atoms with Crippen molar-refractivity contribution < 1.29 is 80.2 Å². The first kappa shape index (κ1) is 106. The number of carbonyl (C=O) groups is 4. The van der Waals surface area contributed by atoms with Crippen molar-refractivity contribution in [2.75, 3.05) is 39.6 Å². The summed E-state index contributed by atoms with van der Waals surface area (Å²) in [6.45, 7) is 4.45. The lowest BCUT2D eigenvalue weighted by molar-refractivity contribution is -0.161. The molecule has 3 N–H and O–H groups in total. The Morgan fingerprint density at radius 1 is 0.259 bits per heavy atom. The zero-order valence-corrected chi connectivity index (χ0v) is 71.6. The Morgan fingerprint density at radius 3 is 0.804 bits per heavy atom. The van der Waals surface area contributed by atoms with Gasteiger partial charge in [-0.1, -0.05) is 338 Å². The molecule has 5 unspecified atom stereocenters. The zero-order chi connectivity index (χ0) is 81.7. The van der Waals surface area contributed by atoms with Crippen molar-refractivity contribution in [2.45, 2.75) is 341 Å². The number of carbonyl (C=O) groups excluding carboxylic acids is 4. The largest absolute Gasteiger partial charge is 0.472 e. The Balaban J connectivity index is 5.53. The molecule has 112 heavy (non-hydrogen) atoms. The molecule has 0 spiro atoms. The lowest BCUT2D eigenvalue weighted by Crippen LogP contribution is -2.30. The Morgan fingerprint density at radius 2 is 0.482 bits per heavy atom. The van der Waals surface area contributed by atoms with Gasteiger partial charge in [0.15, 0.2) is 12.2 Å². The molecule has 0 aromatic heterocycles. The molecule has 0 aliphatic rings. The van der Waals surface area contributed by atoms with Crippen molar-refractivity contribution in [3.63, 3.8) is 0 Å². The van der Waals surface area contributed by atoms with Gasteiger partial charge in [0, 0.05) is 25.7 Å². The Kier molecular flexibility index (Phi) is 78.8. The summed E-state index contributed by atoms with van der Waals surface area (Å²) in [6.07, 6.45) is 102. The number of hydrogen-bond acceptors (Lipinski definition) is 15. The lowest BCUT2D eigenvalue weighted by Gasteiger charge is -2.21. The first-order chi connectivity index (χ1) is 54.7. The number of esters is 4. The van der Waals surface area contributed by atoms with Gasteiger partial charge in [0.1, 0.15) is 19.3 Å². The molecule has 0 rings (SSSR count). The molecule has 19 heteroatoms. The van der Waals surface area contributed by atoms with Crippen LogP contribution in [-0.2, 0) is 65.4 Å². The van der Waals surface area contributed by atoms with E-state index in [0.29, 0.717) is 38.5 Å². The SMILES string of the molecule is CC/C=C\C/C=C\C/C=C\C/C=C\C/C=C\C/C=C\CCC(=O)OCC(COP(=O)(O)OCC(O)COP(=O)(O)OCC(COC(=O)CCCCCCCC/C=C\C/C=C\C/C=C\CCCCC)OC(=O)CCCCCCCCCCCCCCCCC)OC(=O)CC/C=C\C/C=C\C/C=C\C/C=C\C/C=C\C/C=C\CC. The summed E-state index contributed by atoms with van der Waals surface area (Å²) in [5.74, 6) is -2.39. The Hall–Kier alpha value is -5.84. The number of allylic oxidation sites excluding steroid dienone is 30. The number of rotatable bonds is 79. The van der Waals surface area contributed by atoms with Gasteiger partial charge in [0.05, 0.1) is 26.4 Å². The van der Waals surface area contributed by atoms with Gasteiger partial charge in [-0.05, 0) is 141 Å². The molecule has 0 aliphatic heterocycles. The first-order valence-corrected chi connectivity index (χ1v) is 46.0. The monoisotopic (exact) mass is 1600 g/mol. The second-order valence-corrected chi connectivity index (χ2v) is 30.9. The maximum Gasteiger partial charge on any atom is 0.472 e. The molecule has 5 atom stereocenters. The van der Waals surface area contributed by atoms with E-state index in [1.54, 1.807) is 0 Å². The molecular formula is C93H152O17P2. The number of aliphatic hydroxyl groups excluding tert-OH is 1. The van der Waals surface area contributed by atoms with Gasteiger partial charge in [-0.3, -0.25) is 37.3 Å². The number of phosphoric ester groups is 2. The third-order valence-electron chi connectivity index (χ3n) is 17.4. The molecule has 0 fully saturated rings. The van der Waals surface area contributed by atoms with E-state index in [1.807, 2.05) is 36.5 Å². The van der Waals surface area contributed by atoms with Crippen LogP contribution in [0.1, 0.15) is 323 Å². The summed E-state index contributed by atoms with van der Waals surface area (Å²) in [5, 5.41) is 10.7. The number of phosphoric acid groups is 2. The van der Waals surface area contributed by atoms with E-state index < -0.39 is 97.5 Å². The van der Waals surface area contributed by atoms with E-state index in [4.69, 9.17) is 37.0 Å². The molecule has 0 bridgehead atoms. The van der Waals surface area contributed by atoms with E-state index in [2.05, 4.69) is 174 Å². The summed E-state index contributed by atoms with van der Waals surface area (Å²) in [4.78, 5) is 73.2. The highest BCUT2D eigenvalue weighted by Gasteiger charge is 2.30. The van der Waals surface area contributed by atoms with Crippen LogP contribution in [-0.4, -0.2) is 96.7 Å². The fourth-order valence-electron chi connectivity index (χ4n) is 10.9. The van der Waals surface area contributed by atoms with Gasteiger partial charge in [0.25, 0.3) is 0 Å². The van der Waals surface area contributed by atoms with Crippen molar-refractivity contribution >= 4 is 39.5 Å². The van der Waals surface area contributed by atoms with Gasteiger partial charge < -0.3 is 33.8 Å². The molecule has 0 amide bonds. The highest BCUT2D eigenvalue weighted by molar-refractivity contribution is 7.47. The molecule has 0 saturated carbocycles. The summed E-state index contributed by atoms with van der Waals surface area (Å²) < 4.78 is 68.7. The van der Waals surface area contributed by atoms with Crippen molar-refractivity contribution in [1.29, 1.82) is 0 Å². The van der Waals surface area contributed by atoms with Crippen LogP contribution >= 0.6 is 15.6 Å². The predicted molar refractivity (Wildman–Crippen MR) is 463 cm³/mol. The van der Waals surface area contributed by atoms with Crippen LogP contribution in [0.2, 0.25) is 0 Å².